The summed E-state index contributed by atoms with van der Waals surface area (Å²) in [7, 11) is 0. The van der Waals surface area contributed by atoms with Gasteiger partial charge in [-0.15, -0.1) is 0 Å². The number of amides is 1. The number of benzene rings is 1. The number of ether oxygens (including phenoxy) is 1. The molecule has 9 nitrogen and oxygen atoms in total. The van der Waals surface area contributed by atoms with Crippen LogP contribution in [-0.4, -0.2) is 62.7 Å². The highest BCUT2D eigenvalue weighted by atomic mass is 79.9. The lowest BCUT2D eigenvalue weighted by Gasteiger charge is -2.36. The van der Waals surface area contributed by atoms with Gasteiger partial charge in [-0.3, -0.25) is 9.88 Å². The predicted octanol–water partition coefficient (Wildman–Crippen LogP) is 5.13. The molecule has 0 atom stereocenters. The van der Waals surface area contributed by atoms with Crippen LogP contribution >= 0.6 is 15.9 Å². The van der Waals surface area contributed by atoms with Crippen molar-refractivity contribution in [3.05, 3.63) is 70.6 Å². The summed E-state index contributed by atoms with van der Waals surface area (Å²) in [6.45, 7) is 10.6. The molecule has 0 saturated carbocycles. The summed E-state index contributed by atoms with van der Waals surface area (Å²) in [5, 5.41) is 2.79. The number of nitrogens with zero attached hydrogens (tertiary/aromatic N) is 5. The molecule has 3 aromatic heterocycles. The molecule has 0 radical (unpaired) electrons. The number of fused-ring (bicyclic) bond motifs is 1. The van der Waals surface area contributed by atoms with Crippen LogP contribution in [0.15, 0.2) is 59.5 Å². The van der Waals surface area contributed by atoms with E-state index in [9.17, 15) is 4.79 Å². The highest BCUT2D eigenvalue weighted by molar-refractivity contribution is 9.10. The minimum atomic E-state index is -0.523. The van der Waals surface area contributed by atoms with Crippen molar-refractivity contribution in [2.75, 3.05) is 31.1 Å². The molecule has 0 spiro atoms. The SMILES string of the molecule is CC(C)(C)OC(=O)NCc1ccc(-c2nc3ncc(Br)c(N4CCN(Cc5cccnc5)CC4)c3[nH]2)cc1. The third-order valence-corrected chi connectivity index (χ3v) is 6.91. The smallest absolute Gasteiger partial charge is 0.407 e. The average molecular weight is 579 g/mol. The van der Waals surface area contributed by atoms with Gasteiger partial charge >= 0.3 is 6.09 Å². The number of halogens is 1. The van der Waals surface area contributed by atoms with Crippen LogP contribution in [0.25, 0.3) is 22.6 Å². The van der Waals surface area contributed by atoms with Crippen molar-refractivity contribution in [1.29, 1.82) is 0 Å². The Labute approximate surface area is 230 Å². The van der Waals surface area contributed by atoms with Gasteiger partial charge in [0.2, 0.25) is 0 Å². The Balaban J connectivity index is 1.27. The monoisotopic (exact) mass is 577 g/mol. The number of pyridine rings is 2. The Bertz CT molecular complexity index is 1390. The molecule has 0 unspecified atom stereocenters. The number of H-pyrrole nitrogens is 1. The molecular formula is C28H32BrN7O2. The first kappa shape index (κ1) is 26.1. The summed E-state index contributed by atoms with van der Waals surface area (Å²) in [5.41, 5.74) is 5.34. The molecule has 10 heteroatoms. The van der Waals surface area contributed by atoms with Crippen molar-refractivity contribution < 1.29 is 9.53 Å². The number of rotatable bonds is 6. The van der Waals surface area contributed by atoms with Crippen LogP contribution in [0.4, 0.5) is 10.5 Å². The first-order valence-corrected chi connectivity index (χ1v) is 13.5. The van der Waals surface area contributed by atoms with E-state index in [0.29, 0.717) is 12.2 Å². The molecule has 1 aromatic carbocycles. The molecule has 1 saturated heterocycles. The van der Waals surface area contributed by atoms with E-state index in [2.05, 4.69) is 52.1 Å². The van der Waals surface area contributed by atoms with Crippen molar-refractivity contribution in [2.24, 2.45) is 0 Å². The summed E-state index contributed by atoms with van der Waals surface area (Å²) in [6.07, 6.45) is 5.15. The van der Waals surface area contributed by atoms with Crippen LogP contribution in [0.3, 0.4) is 0 Å². The van der Waals surface area contributed by atoms with Gasteiger partial charge in [0, 0.05) is 63.4 Å². The first-order chi connectivity index (χ1) is 18.2. The van der Waals surface area contributed by atoms with Gasteiger partial charge in [0.05, 0.1) is 10.2 Å². The Morgan fingerprint density at radius 3 is 2.53 bits per heavy atom. The first-order valence-electron chi connectivity index (χ1n) is 12.7. The summed E-state index contributed by atoms with van der Waals surface area (Å²) < 4.78 is 6.25. The van der Waals surface area contributed by atoms with Gasteiger partial charge in [-0.05, 0) is 53.9 Å². The van der Waals surface area contributed by atoms with E-state index in [1.807, 2.05) is 69.7 Å². The second-order valence-corrected chi connectivity index (χ2v) is 11.3. The Morgan fingerprint density at radius 1 is 1.08 bits per heavy atom. The number of imidazole rings is 1. The maximum atomic E-state index is 11.9. The van der Waals surface area contributed by atoms with E-state index in [0.717, 1.165) is 65.4 Å². The minimum Gasteiger partial charge on any atom is -0.444 e. The van der Waals surface area contributed by atoms with Gasteiger partial charge in [0.25, 0.3) is 0 Å². The van der Waals surface area contributed by atoms with E-state index in [4.69, 9.17) is 9.72 Å². The number of carbonyl (C=O) groups is 1. The fraction of sp³-hybridized carbons (Fsp3) is 0.357. The van der Waals surface area contributed by atoms with Crippen molar-refractivity contribution in [3.8, 4) is 11.4 Å². The van der Waals surface area contributed by atoms with Crippen molar-refractivity contribution in [1.82, 2.24) is 30.2 Å². The zero-order valence-electron chi connectivity index (χ0n) is 21.9. The molecule has 0 aliphatic carbocycles. The average Bonchev–Trinajstić information content (AvgIpc) is 3.32. The van der Waals surface area contributed by atoms with Gasteiger partial charge in [0.1, 0.15) is 16.9 Å². The highest BCUT2D eigenvalue weighted by Crippen LogP contribution is 2.34. The number of nitrogens with one attached hydrogen (secondary N) is 2. The lowest BCUT2D eigenvalue weighted by atomic mass is 10.1. The number of aromatic amines is 1. The van der Waals surface area contributed by atoms with Crippen LogP contribution in [0.5, 0.6) is 0 Å². The van der Waals surface area contributed by atoms with Gasteiger partial charge in [-0.25, -0.2) is 14.8 Å². The van der Waals surface area contributed by atoms with Crippen LogP contribution < -0.4 is 10.2 Å². The van der Waals surface area contributed by atoms with E-state index in [1.54, 1.807) is 0 Å². The number of piperazine rings is 1. The quantitative estimate of drug-likeness (QED) is 0.327. The molecule has 1 amide bonds. The molecule has 0 bridgehead atoms. The number of aromatic nitrogens is 4. The normalized spacial score (nSPS) is 14.6. The summed E-state index contributed by atoms with van der Waals surface area (Å²) in [6, 6.07) is 12.1. The molecule has 4 heterocycles. The van der Waals surface area contributed by atoms with Crippen LogP contribution in [0, 0.1) is 0 Å². The van der Waals surface area contributed by atoms with Crippen LogP contribution in [-0.2, 0) is 17.8 Å². The fourth-order valence-electron chi connectivity index (χ4n) is 4.52. The Hall–Kier alpha value is -3.50. The van der Waals surface area contributed by atoms with Gasteiger partial charge in [-0.1, -0.05) is 30.3 Å². The molecule has 4 aromatic rings. The van der Waals surface area contributed by atoms with E-state index >= 15 is 0 Å². The lowest BCUT2D eigenvalue weighted by molar-refractivity contribution is 0.0523. The molecule has 198 valence electrons. The number of hydrogen-bond acceptors (Lipinski definition) is 7. The Kier molecular flexibility index (Phi) is 7.62. The van der Waals surface area contributed by atoms with E-state index in [-0.39, 0.29) is 0 Å². The third kappa shape index (κ3) is 6.31. The van der Waals surface area contributed by atoms with E-state index in [1.165, 1.54) is 5.56 Å². The molecule has 1 fully saturated rings. The van der Waals surface area contributed by atoms with E-state index < -0.39 is 11.7 Å². The molecular weight excluding hydrogens is 546 g/mol. The number of alkyl carbamates (subject to hydrolysis) is 1. The molecule has 5 rings (SSSR count). The minimum absolute atomic E-state index is 0.390. The Morgan fingerprint density at radius 2 is 1.84 bits per heavy atom. The third-order valence-electron chi connectivity index (χ3n) is 6.33. The van der Waals surface area contributed by atoms with Crippen LogP contribution in [0.2, 0.25) is 0 Å². The topological polar surface area (TPSA) is 99.3 Å². The fourth-order valence-corrected chi connectivity index (χ4v) is 5.07. The van der Waals surface area contributed by atoms with Gasteiger partial charge in [-0.2, -0.15) is 0 Å². The molecule has 1 aliphatic heterocycles. The maximum Gasteiger partial charge on any atom is 0.407 e. The summed E-state index contributed by atoms with van der Waals surface area (Å²) in [5.74, 6) is 0.758. The van der Waals surface area contributed by atoms with Crippen LogP contribution in [0.1, 0.15) is 31.9 Å². The second kappa shape index (κ2) is 11.1. The van der Waals surface area contributed by atoms with Gasteiger partial charge < -0.3 is 19.9 Å². The molecule has 1 aliphatic rings. The predicted molar refractivity (Wildman–Crippen MR) is 152 cm³/mol. The van der Waals surface area contributed by atoms with Crippen molar-refractivity contribution in [2.45, 2.75) is 39.5 Å². The molecule has 38 heavy (non-hydrogen) atoms. The lowest BCUT2D eigenvalue weighted by Crippen LogP contribution is -2.46. The largest absolute Gasteiger partial charge is 0.444 e. The summed E-state index contributed by atoms with van der Waals surface area (Å²) in [4.78, 5) is 33.9. The number of hydrogen-bond donors (Lipinski definition) is 2. The number of carbonyl (C=O) groups excluding carboxylic acids is 1. The zero-order valence-corrected chi connectivity index (χ0v) is 23.5. The molecule has 2 N–H and O–H groups in total. The second-order valence-electron chi connectivity index (χ2n) is 10.4. The standard InChI is InChI=1S/C28H32BrN7O2/c1-28(2,3)38-27(37)32-16-19-6-8-21(9-7-19)25-33-23-24(22(29)17-31-26(23)34-25)36-13-11-35(12-14-36)18-20-5-4-10-30-15-20/h4-10,15,17H,11-14,16,18H2,1-3H3,(H,32,37)(H,31,33,34). The van der Waals surface area contributed by atoms with Gasteiger partial charge in [0.15, 0.2) is 5.65 Å². The summed E-state index contributed by atoms with van der Waals surface area (Å²) >= 11 is 3.73. The highest BCUT2D eigenvalue weighted by Gasteiger charge is 2.23. The zero-order chi connectivity index (χ0) is 26.7. The van der Waals surface area contributed by atoms with Crippen molar-refractivity contribution >= 4 is 38.9 Å². The van der Waals surface area contributed by atoms with Crippen molar-refractivity contribution in [3.63, 3.8) is 0 Å². The number of anilines is 1. The maximum absolute atomic E-state index is 11.9.